The Bertz CT molecular complexity index is 614. The van der Waals surface area contributed by atoms with E-state index in [-0.39, 0.29) is 12.3 Å². The van der Waals surface area contributed by atoms with Gasteiger partial charge in [-0.1, -0.05) is 12.1 Å². The molecule has 0 radical (unpaired) electrons. The average molecular weight is 303 g/mol. The lowest BCUT2D eigenvalue weighted by atomic mass is 10.0. The van der Waals surface area contributed by atoms with Crippen LogP contribution in [0, 0.1) is 0 Å². The number of benzene rings is 1. The number of hydrogen-bond donors (Lipinski definition) is 2. The molecule has 0 aliphatic carbocycles. The Balaban J connectivity index is 1.72. The molecule has 7 nitrogen and oxygen atoms in total. The Kier molecular flexibility index (Phi) is 3.70. The molecule has 2 aliphatic heterocycles. The zero-order chi connectivity index (χ0) is 15.7. The van der Waals surface area contributed by atoms with Gasteiger partial charge in [0.1, 0.15) is 12.1 Å². The molecular weight excluding hydrogens is 286 g/mol. The summed E-state index contributed by atoms with van der Waals surface area (Å²) in [6, 6.07) is 6.94. The number of carbonyl (C=O) groups excluding carboxylic acids is 3. The second-order valence-corrected chi connectivity index (χ2v) is 5.36. The minimum absolute atomic E-state index is 0.238. The molecule has 3 rings (SSSR count). The minimum Gasteiger partial charge on any atom is -0.439 e. The van der Waals surface area contributed by atoms with Crippen LogP contribution in [0.15, 0.2) is 24.3 Å². The molecule has 7 heteroatoms. The van der Waals surface area contributed by atoms with E-state index < -0.39 is 24.1 Å². The number of imide groups is 1. The van der Waals surface area contributed by atoms with E-state index in [9.17, 15) is 14.4 Å². The zero-order valence-electron chi connectivity index (χ0n) is 12.2. The van der Waals surface area contributed by atoms with Gasteiger partial charge in [0, 0.05) is 19.2 Å². The first-order chi connectivity index (χ1) is 10.6. The van der Waals surface area contributed by atoms with Crippen molar-refractivity contribution >= 4 is 23.6 Å². The Morgan fingerprint density at radius 3 is 2.59 bits per heavy atom. The highest BCUT2D eigenvalue weighted by Gasteiger charge is 2.41. The van der Waals surface area contributed by atoms with Crippen molar-refractivity contribution in [3.8, 4) is 0 Å². The second-order valence-electron chi connectivity index (χ2n) is 5.36. The van der Waals surface area contributed by atoms with Gasteiger partial charge in [-0.05, 0) is 24.1 Å². The van der Waals surface area contributed by atoms with Crippen LogP contribution < -0.4 is 10.6 Å². The molecule has 3 amide bonds. The summed E-state index contributed by atoms with van der Waals surface area (Å²) < 4.78 is 5.36. The molecule has 2 fully saturated rings. The third-order valence-corrected chi connectivity index (χ3v) is 4.00. The van der Waals surface area contributed by atoms with Gasteiger partial charge in [-0.3, -0.25) is 19.8 Å². The Hall–Kier alpha value is -2.57. The van der Waals surface area contributed by atoms with Crippen molar-refractivity contribution in [2.45, 2.75) is 25.0 Å². The van der Waals surface area contributed by atoms with Crippen molar-refractivity contribution in [2.75, 3.05) is 18.9 Å². The summed E-state index contributed by atoms with van der Waals surface area (Å²) in [5, 5.41) is 5.28. The predicted molar refractivity (Wildman–Crippen MR) is 78.1 cm³/mol. The molecule has 0 saturated carbocycles. The van der Waals surface area contributed by atoms with Gasteiger partial charge in [-0.25, -0.2) is 4.79 Å². The fraction of sp³-hybridized carbons (Fsp3) is 0.400. The highest BCUT2D eigenvalue weighted by molar-refractivity contribution is 6.01. The highest BCUT2D eigenvalue weighted by Crippen LogP contribution is 2.29. The third kappa shape index (κ3) is 2.61. The van der Waals surface area contributed by atoms with E-state index in [0.717, 1.165) is 11.3 Å². The SMILES string of the molecule is CNc1ccc([C@H]2CN(C3CCC(=O)NC3=O)C(=O)O2)cc1. The number of ether oxygens (including phenoxy) is 1. The first-order valence-corrected chi connectivity index (χ1v) is 7.17. The van der Waals surface area contributed by atoms with E-state index in [1.165, 1.54) is 4.90 Å². The van der Waals surface area contributed by atoms with Crippen LogP contribution in [-0.2, 0) is 14.3 Å². The van der Waals surface area contributed by atoms with Crippen molar-refractivity contribution in [1.29, 1.82) is 0 Å². The van der Waals surface area contributed by atoms with Crippen LogP contribution in [0.3, 0.4) is 0 Å². The fourth-order valence-electron chi connectivity index (χ4n) is 2.75. The van der Waals surface area contributed by atoms with E-state index in [0.29, 0.717) is 13.0 Å². The number of anilines is 1. The van der Waals surface area contributed by atoms with Gasteiger partial charge in [0.2, 0.25) is 11.8 Å². The summed E-state index contributed by atoms with van der Waals surface area (Å²) in [5.74, 6) is -0.729. The molecule has 2 N–H and O–H groups in total. The number of nitrogens with zero attached hydrogens (tertiary/aromatic N) is 1. The number of cyclic esters (lactones) is 1. The summed E-state index contributed by atoms with van der Waals surface area (Å²) in [4.78, 5) is 36.5. The molecular formula is C15H17N3O4. The molecule has 0 bridgehead atoms. The molecule has 22 heavy (non-hydrogen) atoms. The lowest BCUT2D eigenvalue weighted by Crippen LogP contribution is -2.52. The third-order valence-electron chi connectivity index (χ3n) is 4.00. The van der Waals surface area contributed by atoms with Crippen molar-refractivity contribution in [1.82, 2.24) is 10.2 Å². The van der Waals surface area contributed by atoms with Gasteiger partial charge in [0.25, 0.3) is 0 Å². The van der Waals surface area contributed by atoms with E-state index in [4.69, 9.17) is 4.74 Å². The van der Waals surface area contributed by atoms with Crippen LogP contribution >= 0.6 is 0 Å². The minimum atomic E-state index is -0.633. The Labute approximate surface area is 127 Å². The van der Waals surface area contributed by atoms with E-state index in [2.05, 4.69) is 10.6 Å². The average Bonchev–Trinajstić information content (AvgIpc) is 2.89. The molecule has 1 aromatic carbocycles. The molecule has 2 saturated heterocycles. The van der Waals surface area contributed by atoms with E-state index in [1.807, 2.05) is 31.3 Å². The van der Waals surface area contributed by atoms with E-state index in [1.54, 1.807) is 0 Å². The van der Waals surface area contributed by atoms with Crippen molar-refractivity contribution in [2.24, 2.45) is 0 Å². The molecule has 1 unspecified atom stereocenters. The normalized spacial score (nSPS) is 25.0. The molecule has 0 spiro atoms. The topological polar surface area (TPSA) is 87.7 Å². The zero-order valence-corrected chi connectivity index (χ0v) is 12.2. The molecule has 1 aromatic rings. The maximum absolute atomic E-state index is 12.0. The molecule has 2 heterocycles. The Morgan fingerprint density at radius 1 is 1.23 bits per heavy atom. The predicted octanol–water partition coefficient (Wildman–Crippen LogP) is 1.03. The van der Waals surface area contributed by atoms with Gasteiger partial charge in [0.05, 0.1) is 6.54 Å². The lowest BCUT2D eigenvalue weighted by molar-refractivity contribution is -0.136. The van der Waals surface area contributed by atoms with Gasteiger partial charge >= 0.3 is 6.09 Å². The van der Waals surface area contributed by atoms with Gasteiger partial charge in [-0.15, -0.1) is 0 Å². The second kappa shape index (κ2) is 5.67. The standard InChI is InChI=1S/C15H17N3O4/c1-16-10-4-2-9(3-5-10)12-8-18(15(21)22-12)11-6-7-13(19)17-14(11)20/h2-5,11-12,16H,6-8H2,1H3,(H,17,19,20)/t11?,12-/m1/s1. The van der Waals surface area contributed by atoms with Gasteiger partial charge in [0.15, 0.2) is 0 Å². The molecule has 116 valence electrons. The number of amides is 3. The van der Waals surface area contributed by atoms with Crippen LogP contribution in [-0.4, -0.2) is 42.4 Å². The maximum atomic E-state index is 12.0. The number of hydrogen-bond acceptors (Lipinski definition) is 5. The summed E-state index contributed by atoms with van der Waals surface area (Å²) in [5.41, 5.74) is 1.84. The van der Waals surface area contributed by atoms with E-state index >= 15 is 0 Å². The summed E-state index contributed by atoms with van der Waals surface area (Å²) >= 11 is 0. The highest BCUT2D eigenvalue weighted by atomic mass is 16.6. The molecule has 0 aromatic heterocycles. The van der Waals surface area contributed by atoms with Crippen molar-refractivity contribution < 1.29 is 19.1 Å². The summed E-state index contributed by atoms with van der Waals surface area (Å²) in [6.45, 7) is 0.310. The van der Waals surface area contributed by atoms with Crippen LogP contribution in [0.2, 0.25) is 0 Å². The lowest BCUT2D eigenvalue weighted by Gasteiger charge is -2.27. The summed E-state index contributed by atoms with van der Waals surface area (Å²) in [7, 11) is 1.83. The van der Waals surface area contributed by atoms with Crippen LogP contribution in [0.4, 0.5) is 10.5 Å². The Morgan fingerprint density at radius 2 is 1.95 bits per heavy atom. The number of carbonyl (C=O) groups is 3. The van der Waals surface area contributed by atoms with Gasteiger partial charge in [-0.2, -0.15) is 0 Å². The number of nitrogens with one attached hydrogen (secondary N) is 2. The van der Waals surface area contributed by atoms with Gasteiger partial charge < -0.3 is 10.1 Å². The van der Waals surface area contributed by atoms with Crippen LogP contribution in [0.5, 0.6) is 0 Å². The molecule has 2 atom stereocenters. The van der Waals surface area contributed by atoms with Crippen molar-refractivity contribution in [3.63, 3.8) is 0 Å². The number of piperidine rings is 1. The first-order valence-electron chi connectivity index (χ1n) is 7.17. The maximum Gasteiger partial charge on any atom is 0.411 e. The fourth-order valence-corrected chi connectivity index (χ4v) is 2.75. The van der Waals surface area contributed by atoms with Crippen LogP contribution in [0.1, 0.15) is 24.5 Å². The summed E-state index contributed by atoms with van der Waals surface area (Å²) in [6.07, 6.45) is -0.339. The first kappa shape index (κ1) is 14.4. The molecule has 2 aliphatic rings. The largest absolute Gasteiger partial charge is 0.439 e. The van der Waals surface area contributed by atoms with Crippen molar-refractivity contribution in [3.05, 3.63) is 29.8 Å². The quantitative estimate of drug-likeness (QED) is 0.814. The monoisotopic (exact) mass is 303 g/mol. The van der Waals surface area contributed by atoms with Crippen LogP contribution in [0.25, 0.3) is 0 Å². The number of rotatable bonds is 3. The smallest absolute Gasteiger partial charge is 0.411 e.